The summed E-state index contributed by atoms with van der Waals surface area (Å²) >= 11 is 0. The van der Waals surface area contributed by atoms with E-state index >= 15 is 0 Å². The van der Waals surface area contributed by atoms with Crippen LogP contribution in [0.5, 0.6) is 0 Å². The Morgan fingerprint density at radius 1 is 0.974 bits per heavy atom. The highest BCUT2D eigenvalue weighted by molar-refractivity contribution is 7.92. The van der Waals surface area contributed by atoms with Crippen LogP contribution in [-0.2, 0) is 31.1 Å². The van der Waals surface area contributed by atoms with Gasteiger partial charge in [-0.15, -0.1) is 0 Å². The largest absolute Gasteiger partial charge is 0.417 e. The van der Waals surface area contributed by atoms with Crippen LogP contribution in [0.3, 0.4) is 0 Å². The molecule has 1 aromatic carbocycles. The van der Waals surface area contributed by atoms with Crippen molar-refractivity contribution < 1.29 is 31.1 Å². The number of pyridine rings is 2. The molecule has 0 spiro atoms. The Hall–Kier alpha value is -3.02. The highest BCUT2D eigenvalue weighted by Crippen LogP contribution is 2.35. The minimum absolute atomic E-state index is 0.0505. The Kier molecular flexibility index (Phi) is 7.19. The zero-order chi connectivity index (χ0) is 27.0. The minimum Gasteiger partial charge on any atom is -0.374 e. The van der Waals surface area contributed by atoms with Crippen LogP contribution in [0, 0.1) is 0 Å². The van der Waals surface area contributed by atoms with E-state index in [0.29, 0.717) is 44.7 Å². The van der Waals surface area contributed by atoms with Gasteiger partial charge in [0.05, 0.1) is 34.6 Å². The third kappa shape index (κ3) is 5.27. The first-order chi connectivity index (χ1) is 18.1. The number of nitrogens with one attached hydrogen (secondary N) is 1. The number of methoxy groups -OCH3 is 1. The first kappa shape index (κ1) is 26.6. The number of halogens is 3. The van der Waals surface area contributed by atoms with E-state index in [1.165, 1.54) is 6.07 Å². The summed E-state index contributed by atoms with van der Waals surface area (Å²) in [6, 6.07) is 12.9. The van der Waals surface area contributed by atoms with E-state index in [9.17, 15) is 21.6 Å². The summed E-state index contributed by atoms with van der Waals surface area (Å²) in [5.41, 5.74) is 1.20. The maximum Gasteiger partial charge on any atom is 0.417 e. The standard InChI is InChI=1S/C27H28F3N3O4S/c1-36-26(16-37-17-26)24-14-19(12-13-31-24)18-2-7-22(8-3-18)38(34,35)23-9-5-21(6-10-23)33-25-11-4-20(15-32-25)27(28,29)30/h2-4,7-8,11-15,21,23H,5-6,9-10,16-17H2,1H3,(H,32,33). The summed E-state index contributed by atoms with van der Waals surface area (Å²) < 4.78 is 75.8. The average Bonchev–Trinajstić information content (AvgIpc) is 2.89. The quantitative estimate of drug-likeness (QED) is 0.433. The van der Waals surface area contributed by atoms with Crippen molar-refractivity contribution in [3.63, 3.8) is 0 Å². The maximum atomic E-state index is 13.3. The molecule has 0 unspecified atom stereocenters. The molecule has 0 atom stereocenters. The monoisotopic (exact) mass is 547 g/mol. The molecule has 2 fully saturated rings. The molecule has 1 N–H and O–H groups in total. The van der Waals surface area contributed by atoms with Crippen LogP contribution in [0.2, 0.25) is 0 Å². The number of anilines is 1. The first-order valence-corrected chi connectivity index (χ1v) is 13.9. The highest BCUT2D eigenvalue weighted by atomic mass is 32.2. The maximum absolute atomic E-state index is 13.3. The predicted octanol–water partition coefficient (Wildman–Crippen LogP) is 5.23. The number of benzene rings is 1. The second-order valence-electron chi connectivity index (χ2n) is 9.74. The number of alkyl halides is 3. The van der Waals surface area contributed by atoms with Gasteiger partial charge in [0.25, 0.3) is 0 Å². The van der Waals surface area contributed by atoms with Gasteiger partial charge < -0.3 is 14.8 Å². The van der Waals surface area contributed by atoms with Crippen molar-refractivity contribution in [3.8, 4) is 11.1 Å². The molecule has 202 valence electrons. The third-order valence-corrected chi connectivity index (χ3v) is 9.64. The molecule has 11 heteroatoms. The van der Waals surface area contributed by atoms with Crippen molar-refractivity contribution in [1.29, 1.82) is 0 Å². The zero-order valence-electron chi connectivity index (χ0n) is 20.7. The molecule has 3 heterocycles. The fourth-order valence-corrected chi connectivity index (χ4v) is 6.71. The van der Waals surface area contributed by atoms with E-state index in [1.807, 2.05) is 12.1 Å². The number of hydrogen-bond donors (Lipinski definition) is 1. The lowest BCUT2D eigenvalue weighted by molar-refractivity contribution is -0.204. The van der Waals surface area contributed by atoms with Crippen LogP contribution in [-0.4, -0.2) is 50.0 Å². The molecule has 1 saturated heterocycles. The molecule has 0 bridgehead atoms. The van der Waals surface area contributed by atoms with E-state index < -0.39 is 32.4 Å². The number of aromatic nitrogens is 2. The van der Waals surface area contributed by atoms with Gasteiger partial charge in [0.15, 0.2) is 15.4 Å². The fourth-order valence-electron chi connectivity index (χ4n) is 4.92. The summed E-state index contributed by atoms with van der Waals surface area (Å²) in [6.07, 6.45) is 0.141. The second-order valence-corrected chi connectivity index (χ2v) is 12.0. The number of ether oxygens (including phenoxy) is 2. The van der Waals surface area contributed by atoms with Gasteiger partial charge in [-0.2, -0.15) is 13.2 Å². The number of rotatable bonds is 7. The molecular weight excluding hydrogens is 519 g/mol. The lowest BCUT2D eigenvalue weighted by atomic mass is 9.94. The van der Waals surface area contributed by atoms with Gasteiger partial charge >= 0.3 is 6.18 Å². The Labute approximate surface area is 219 Å². The third-order valence-electron chi connectivity index (χ3n) is 7.36. The van der Waals surface area contributed by atoms with Gasteiger partial charge in [-0.3, -0.25) is 4.98 Å². The summed E-state index contributed by atoms with van der Waals surface area (Å²) in [5, 5.41) is 2.62. The average molecular weight is 548 g/mol. The lowest BCUT2D eigenvalue weighted by Crippen LogP contribution is -2.48. The van der Waals surface area contributed by atoms with Crippen molar-refractivity contribution >= 4 is 15.7 Å². The van der Waals surface area contributed by atoms with Crippen LogP contribution in [0.1, 0.15) is 36.9 Å². The van der Waals surface area contributed by atoms with Crippen molar-refractivity contribution in [2.75, 3.05) is 25.6 Å². The van der Waals surface area contributed by atoms with Crippen molar-refractivity contribution in [2.45, 2.75) is 53.6 Å². The molecule has 5 rings (SSSR count). The minimum atomic E-state index is -4.43. The molecule has 38 heavy (non-hydrogen) atoms. The molecule has 2 aliphatic rings. The molecule has 1 aliphatic heterocycles. The van der Waals surface area contributed by atoms with Crippen LogP contribution in [0.25, 0.3) is 11.1 Å². The molecule has 1 aliphatic carbocycles. The molecule has 0 amide bonds. The normalized spacial score (nSPS) is 21.5. The van der Waals surface area contributed by atoms with Gasteiger partial charge in [-0.05, 0) is 73.2 Å². The summed E-state index contributed by atoms with van der Waals surface area (Å²) in [4.78, 5) is 8.57. The highest BCUT2D eigenvalue weighted by Gasteiger charge is 2.42. The van der Waals surface area contributed by atoms with Gasteiger partial charge in [0, 0.05) is 25.5 Å². The van der Waals surface area contributed by atoms with Gasteiger partial charge in [0.2, 0.25) is 0 Å². The van der Waals surface area contributed by atoms with E-state index in [-0.39, 0.29) is 10.9 Å². The molecule has 3 aromatic rings. The number of sulfone groups is 1. The molecule has 0 radical (unpaired) electrons. The van der Waals surface area contributed by atoms with Crippen LogP contribution >= 0.6 is 0 Å². The van der Waals surface area contributed by atoms with Gasteiger partial charge in [0.1, 0.15) is 5.82 Å². The van der Waals surface area contributed by atoms with Crippen molar-refractivity contribution in [2.24, 2.45) is 0 Å². The van der Waals surface area contributed by atoms with E-state index in [1.54, 1.807) is 37.6 Å². The summed E-state index contributed by atoms with van der Waals surface area (Å²) in [6.45, 7) is 0.880. The Bertz CT molecular complexity index is 1360. The zero-order valence-corrected chi connectivity index (χ0v) is 21.6. The molecular formula is C27H28F3N3O4S. The number of nitrogens with zero attached hydrogens (tertiary/aromatic N) is 2. The molecule has 7 nitrogen and oxygen atoms in total. The first-order valence-electron chi connectivity index (χ1n) is 12.3. The van der Waals surface area contributed by atoms with Crippen LogP contribution in [0.4, 0.5) is 19.0 Å². The van der Waals surface area contributed by atoms with E-state index in [4.69, 9.17) is 9.47 Å². The summed E-state index contributed by atoms with van der Waals surface area (Å²) in [7, 11) is -1.90. The Balaban J connectivity index is 1.22. The van der Waals surface area contributed by atoms with E-state index in [0.717, 1.165) is 29.1 Å². The Morgan fingerprint density at radius 2 is 1.68 bits per heavy atom. The summed E-state index contributed by atoms with van der Waals surface area (Å²) in [5.74, 6) is 0.348. The second kappa shape index (κ2) is 10.3. The Morgan fingerprint density at radius 3 is 2.24 bits per heavy atom. The molecule has 2 aromatic heterocycles. The SMILES string of the molecule is COC1(c2cc(-c3ccc(S(=O)(=O)C4CCC(Nc5ccc(C(F)(F)F)cn5)CC4)cc3)ccn2)COC1. The van der Waals surface area contributed by atoms with Gasteiger partial charge in [-0.1, -0.05) is 12.1 Å². The smallest absolute Gasteiger partial charge is 0.374 e. The fraction of sp³-hybridized carbons (Fsp3) is 0.407. The molecule has 1 saturated carbocycles. The van der Waals surface area contributed by atoms with Gasteiger partial charge in [-0.25, -0.2) is 13.4 Å². The lowest BCUT2D eigenvalue weighted by Gasteiger charge is -2.39. The van der Waals surface area contributed by atoms with Crippen LogP contribution < -0.4 is 5.32 Å². The van der Waals surface area contributed by atoms with Crippen LogP contribution in [0.15, 0.2) is 65.8 Å². The number of hydrogen-bond acceptors (Lipinski definition) is 7. The van der Waals surface area contributed by atoms with E-state index in [2.05, 4.69) is 15.3 Å². The van der Waals surface area contributed by atoms with Crippen molar-refractivity contribution in [1.82, 2.24) is 9.97 Å². The topological polar surface area (TPSA) is 90.4 Å². The van der Waals surface area contributed by atoms with Crippen molar-refractivity contribution in [3.05, 3.63) is 72.2 Å². The predicted molar refractivity (Wildman–Crippen MR) is 135 cm³/mol.